The Labute approximate surface area is 124 Å². The van der Waals surface area contributed by atoms with Crippen LogP contribution in [0.25, 0.3) is 0 Å². The molecule has 0 amide bonds. The Balaban J connectivity index is 2.26. The van der Waals surface area contributed by atoms with Gasteiger partial charge in [-0.25, -0.2) is 8.42 Å². The summed E-state index contributed by atoms with van der Waals surface area (Å²) in [6, 6.07) is 5.77. The van der Waals surface area contributed by atoms with Gasteiger partial charge in [0.25, 0.3) is 0 Å². The molecule has 6 nitrogen and oxygen atoms in total. The molecule has 1 unspecified atom stereocenters. The number of aliphatic hydroxyl groups excluding tert-OH is 1. The SMILES string of the molecule is NCC#Cc1ccc(S(=O)(=O)N2CCOCC2CO)cc1. The van der Waals surface area contributed by atoms with Crippen molar-refractivity contribution in [3.05, 3.63) is 29.8 Å². The molecule has 0 bridgehead atoms. The van der Waals surface area contributed by atoms with Crippen molar-refractivity contribution in [2.75, 3.05) is 32.9 Å². The summed E-state index contributed by atoms with van der Waals surface area (Å²) in [4.78, 5) is 0.182. The first kappa shape index (κ1) is 15.9. The van der Waals surface area contributed by atoms with Gasteiger partial charge in [-0.15, -0.1) is 0 Å². The third kappa shape index (κ3) is 3.61. The molecule has 2 rings (SSSR count). The third-order valence-electron chi connectivity index (χ3n) is 3.18. The lowest BCUT2D eigenvalue weighted by atomic mass is 10.2. The maximum absolute atomic E-state index is 12.6. The van der Waals surface area contributed by atoms with Crippen LogP contribution in [0.5, 0.6) is 0 Å². The first-order chi connectivity index (χ1) is 10.1. The molecule has 7 heteroatoms. The van der Waals surface area contributed by atoms with E-state index in [-0.39, 0.29) is 31.2 Å². The molecule has 1 aliphatic rings. The molecule has 1 aliphatic heterocycles. The van der Waals surface area contributed by atoms with E-state index in [0.717, 1.165) is 0 Å². The molecule has 0 aromatic heterocycles. The average molecular weight is 310 g/mol. The standard InChI is InChI=1S/C14H18N2O4S/c15-7-1-2-12-3-5-14(6-4-12)21(18,19)16-8-9-20-11-13(16)10-17/h3-6,13,17H,7-11,15H2. The Morgan fingerprint density at radius 2 is 2.10 bits per heavy atom. The van der Waals surface area contributed by atoms with Gasteiger partial charge in [0, 0.05) is 12.1 Å². The summed E-state index contributed by atoms with van der Waals surface area (Å²) < 4.78 is 31.7. The number of hydrogen-bond acceptors (Lipinski definition) is 5. The molecule has 0 aliphatic carbocycles. The van der Waals surface area contributed by atoms with Gasteiger partial charge in [-0.05, 0) is 24.3 Å². The number of nitrogens with two attached hydrogens (primary N) is 1. The number of sulfonamides is 1. The summed E-state index contributed by atoms with van der Waals surface area (Å²) in [5.74, 6) is 5.55. The van der Waals surface area contributed by atoms with E-state index in [1.807, 2.05) is 0 Å². The van der Waals surface area contributed by atoms with Crippen molar-refractivity contribution in [1.29, 1.82) is 0 Å². The summed E-state index contributed by atoms with van der Waals surface area (Å²) in [6.45, 7) is 0.763. The van der Waals surface area contributed by atoms with E-state index < -0.39 is 16.1 Å². The van der Waals surface area contributed by atoms with Crippen LogP contribution in [0.1, 0.15) is 5.56 Å². The number of benzene rings is 1. The van der Waals surface area contributed by atoms with Gasteiger partial charge in [-0.2, -0.15) is 4.31 Å². The zero-order chi connectivity index (χ0) is 15.3. The van der Waals surface area contributed by atoms with Crippen LogP contribution in [0.3, 0.4) is 0 Å². The van der Waals surface area contributed by atoms with Crippen LogP contribution in [-0.4, -0.2) is 56.8 Å². The predicted molar refractivity (Wildman–Crippen MR) is 78.0 cm³/mol. The Morgan fingerprint density at radius 1 is 1.38 bits per heavy atom. The van der Waals surface area contributed by atoms with E-state index in [2.05, 4.69) is 11.8 Å². The quantitative estimate of drug-likeness (QED) is 0.726. The second-order valence-corrected chi connectivity index (χ2v) is 6.45. The molecule has 0 saturated carbocycles. The zero-order valence-electron chi connectivity index (χ0n) is 11.5. The van der Waals surface area contributed by atoms with Crippen LogP contribution in [0.4, 0.5) is 0 Å². The first-order valence-corrected chi connectivity index (χ1v) is 8.03. The van der Waals surface area contributed by atoms with Gasteiger partial charge in [-0.1, -0.05) is 11.8 Å². The molecule has 1 aromatic carbocycles. The van der Waals surface area contributed by atoms with Gasteiger partial charge >= 0.3 is 0 Å². The number of rotatable bonds is 3. The van der Waals surface area contributed by atoms with Gasteiger partial charge < -0.3 is 15.6 Å². The summed E-state index contributed by atoms with van der Waals surface area (Å²) in [7, 11) is -3.64. The number of nitrogens with zero attached hydrogens (tertiary/aromatic N) is 1. The van der Waals surface area contributed by atoms with Gasteiger partial charge in [0.15, 0.2) is 0 Å². The highest BCUT2D eigenvalue weighted by Gasteiger charge is 2.33. The Hall–Kier alpha value is -1.43. The summed E-state index contributed by atoms with van der Waals surface area (Å²) in [5.41, 5.74) is 6.00. The average Bonchev–Trinajstić information content (AvgIpc) is 2.53. The molecule has 3 N–H and O–H groups in total. The van der Waals surface area contributed by atoms with E-state index in [0.29, 0.717) is 12.2 Å². The van der Waals surface area contributed by atoms with Crippen molar-refractivity contribution in [1.82, 2.24) is 4.31 Å². The number of aliphatic hydroxyl groups is 1. The zero-order valence-corrected chi connectivity index (χ0v) is 12.3. The molecule has 1 heterocycles. The molecule has 114 valence electrons. The summed E-state index contributed by atoms with van der Waals surface area (Å²) in [6.07, 6.45) is 0. The molecule has 1 fully saturated rings. The number of ether oxygens (including phenoxy) is 1. The van der Waals surface area contributed by atoms with Crippen molar-refractivity contribution < 1.29 is 18.3 Å². The molecule has 1 aromatic rings. The molecular weight excluding hydrogens is 292 g/mol. The van der Waals surface area contributed by atoms with Gasteiger partial charge in [0.1, 0.15) is 0 Å². The highest BCUT2D eigenvalue weighted by Crippen LogP contribution is 2.20. The van der Waals surface area contributed by atoms with Crippen LogP contribution in [0.2, 0.25) is 0 Å². The van der Waals surface area contributed by atoms with E-state index in [4.69, 9.17) is 10.5 Å². The van der Waals surface area contributed by atoms with E-state index >= 15 is 0 Å². The third-order valence-corrected chi connectivity index (χ3v) is 5.15. The van der Waals surface area contributed by atoms with E-state index in [1.54, 1.807) is 12.1 Å². The Bertz CT molecular complexity index is 631. The monoisotopic (exact) mass is 310 g/mol. The van der Waals surface area contributed by atoms with Crippen molar-refractivity contribution in [3.63, 3.8) is 0 Å². The molecule has 0 spiro atoms. The minimum Gasteiger partial charge on any atom is -0.395 e. The number of morpholine rings is 1. The fourth-order valence-electron chi connectivity index (χ4n) is 2.10. The normalized spacial score (nSPS) is 19.8. The van der Waals surface area contributed by atoms with Crippen LogP contribution in [-0.2, 0) is 14.8 Å². The topological polar surface area (TPSA) is 92.9 Å². The lowest BCUT2D eigenvalue weighted by Gasteiger charge is -2.33. The van der Waals surface area contributed by atoms with Crippen molar-refractivity contribution >= 4 is 10.0 Å². The second-order valence-electron chi connectivity index (χ2n) is 4.56. The van der Waals surface area contributed by atoms with E-state index in [9.17, 15) is 13.5 Å². The minimum absolute atomic E-state index is 0.182. The fourth-order valence-corrected chi connectivity index (χ4v) is 3.68. The van der Waals surface area contributed by atoms with Crippen molar-refractivity contribution in [2.45, 2.75) is 10.9 Å². The molecule has 21 heavy (non-hydrogen) atoms. The van der Waals surface area contributed by atoms with Gasteiger partial charge in [0.05, 0.1) is 37.3 Å². The highest BCUT2D eigenvalue weighted by atomic mass is 32.2. The van der Waals surface area contributed by atoms with Crippen molar-refractivity contribution in [3.8, 4) is 11.8 Å². The molecular formula is C14H18N2O4S. The van der Waals surface area contributed by atoms with Gasteiger partial charge in [0.2, 0.25) is 10.0 Å². The lowest BCUT2D eigenvalue weighted by molar-refractivity contribution is 0.0109. The first-order valence-electron chi connectivity index (χ1n) is 6.59. The van der Waals surface area contributed by atoms with Gasteiger partial charge in [-0.3, -0.25) is 0 Å². The second kappa shape index (κ2) is 7.02. The Kier molecular flexibility index (Phi) is 5.33. The smallest absolute Gasteiger partial charge is 0.243 e. The fraction of sp³-hybridized carbons (Fsp3) is 0.429. The maximum atomic E-state index is 12.6. The maximum Gasteiger partial charge on any atom is 0.243 e. The molecule has 0 radical (unpaired) electrons. The van der Waals surface area contributed by atoms with Crippen LogP contribution in [0.15, 0.2) is 29.2 Å². The minimum atomic E-state index is -3.64. The summed E-state index contributed by atoms with van der Waals surface area (Å²) in [5, 5.41) is 9.30. The predicted octanol–water partition coefficient (Wildman–Crippen LogP) is -0.621. The highest BCUT2D eigenvalue weighted by molar-refractivity contribution is 7.89. The Morgan fingerprint density at radius 3 is 2.71 bits per heavy atom. The largest absolute Gasteiger partial charge is 0.395 e. The number of hydrogen-bond donors (Lipinski definition) is 2. The van der Waals surface area contributed by atoms with Crippen molar-refractivity contribution in [2.24, 2.45) is 5.73 Å². The molecule has 1 saturated heterocycles. The summed E-state index contributed by atoms with van der Waals surface area (Å²) >= 11 is 0. The van der Waals surface area contributed by atoms with Crippen LogP contribution in [0, 0.1) is 11.8 Å². The van der Waals surface area contributed by atoms with Crippen LogP contribution >= 0.6 is 0 Å². The lowest BCUT2D eigenvalue weighted by Crippen LogP contribution is -2.50. The van der Waals surface area contributed by atoms with E-state index in [1.165, 1.54) is 16.4 Å². The molecule has 1 atom stereocenters. The van der Waals surface area contributed by atoms with Crippen LogP contribution < -0.4 is 5.73 Å².